The number of hydrogen-bond donors (Lipinski definition) is 1. The topological polar surface area (TPSA) is 49.8 Å². The lowest BCUT2D eigenvalue weighted by atomic mass is 10.1. The van der Waals surface area contributed by atoms with Crippen molar-refractivity contribution >= 4 is 17.7 Å². The monoisotopic (exact) mass is 422 g/mol. The number of halogens is 6. The third kappa shape index (κ3) is 7.31. The van der Waals surface area contributed by atoms with Gasteiger partial charge in [-0.3, -0.25) is 4.99 Å². The molecule has 2 rings (SSSR count). The summed E-state index contributed by atoms with van der Waals surface area (Å²) in [5, 5.41) is 2.83. The molecule has 11 heteroatoms. The van der Waals surface area contributed by atoms with Gasteiger partial charge in [-0.2, -0.15) is 26.3 Å². The molecule has 0 saturated heterocycles. The first-order valence-corrected chi connectivity index (χ1v) is 8.55. The summed E-state index contributed by atoms with van der Waals surface area (Å²) in [6, 6.07) is 0.876. The van der Waals surface area contributed by atoms with Gasteiger partial charge in [-0.15, -0.1) is 0 Å². The van der Waals surface area contributed by atoms with Gasteiger partial charge in [-0.25, -0.2) is 4.98 Å². The first-order valence-electron chi connectivity index (χ1n) is 8.55. The van der Waals surface area contributed by atoms with Gasteiger partial charge in [0.05, 0.1) is 5.56 Å². The summed E-state index contributed by atoms with van der Waals surface area (Å²) >= 11 is 0. The maximum Gasteiger partial charge on any atom is 0.422 e. The molecule has 0 bridgehead atoms. The standard InChI is InChI=1S/C18H20F6N4O/c1-28(2)16-15(7-13(9-27-16)18(22,23)24)26-8-12-4-3-5-25-10-14(6-12)29-11-17(19,20)21/h4,7-10,25H,3,5-6,11H2,1-2H3/b12-4+,14-10+,26-8?. The summed E-state index contributed by atoms with van der Waals surface area (Å²) in [6.45, 7) is -0.975. The van der Waals surface area contributed by atoms with E-state index in [4.69, 9.17) is 4.74 Å². The van der Waals surface area contributed by atoms with E-state index >= 15 is 0 Å². The van der Waals surface area contributed by atoms with E-state index in [9.17, 15) is 26.3 Å². The van der Waals surface area contributed by atoms with Crippen LogP contribution in [0.3, 0.4) is 0 Å². The van der Waals surface area contributed by atoms with Crippen LogP contribution >= 0.6 is 0 Å². The number of ether oxygens (including phenoxy) is 1. The zero-order chi connectivity index (χ0) is 21.7. The van der Waals surface area contributed by atoms with Crippen molar-refractivity contribution in [1.29, 1.82) is 0 Å². The Morgan fingerprint density at radius 2 is 1.97 bits per heavy atom. The van der Waals surface area contributed by atoms with Gasteiger partial charge >= 0.3 is 12.4 Å². The number of nitrogens with one attached hydrogen (secondary N) is 1. The molecule has 0 fully saturated rings. The molecular formula is C18H20F6N4O. The summed E-state index contributed by atoms with van der Waals surface area (Å²) in [5.74, 6) is 0.279. The fraction of sp³-hybridized carbons (Fsp3) is 0.444. The molecule has 1 N–H and O–H groups in total. The molecule has 1 aromatic rings. The summed E-state index contributed by atoms with van der Waals surface area (Å²) < 4.78 is 80.9. The molecule has 0 atom stereocenters. The van der Waals surface area contributed by atoms with Gasteiger partial charge in [0.15, 0.2) is 12.4 Å². The van der Waals surface area contributed by atoms with Gasteiger partial charge in [-0.1, -0.05) is 6.08 Å². The van der Waals surface area contributed by atoms with Crippen molar-refractivity contribution < 1.29 is 31.1 Å². The number of nitrogens with zero attached hydrogens (tertiary/aromatic N) is 3. The summed E-state index contributed by atoms with van der Waals surface area (Å²) in [5.41, 5.74) is -0.435. The fourth-order valence-corrected chi connectivity index (χ4v) is 2.41. The molecule has 0 aliphatic carbocycles. The van der Waals surface area contributed by atoms with Crippen LogP contribution in [-0.4, -0.2) is 44.6 Å². The van der Waals surface area contributed by atoms with Crippen molar-refractivity contribution in [2.24, 2.45) is 4.99 Å². The summed E-state index contributed by atoms with van der Waals surface area (Å²) in [6.07, 6.45) is -3.36. The number of alkyl halides is 6. The molecule has 2 heterocycles. The maximum atomic E-state index is 13.0. The van der Waals surface area contributed by atoms with E-state index in [0.717, 1.165) is 12.3 Å². The van der Waals surface area contributed by atoms with Crippen LogP contribution in [0, 0.1) is 0 Å². The van der Waals surface area contributed by atoms with Crippen LogP contribution < -0.4 is 10.2 Å². The van der Waals surface area contributed by atoms with E-state index in [1.807, 2.05) is 0 Å². The maximum absolute atomic E-state index is 13.0. The van der Waals surface area contributed by atoms with Crippen molar-refractivity contribution in [2.75, 3.05) is 32.1 Å². The molecule has 0 aromatic carbocycles. The highest BCUT2D eigenvalue weighted by Crippen LogP contribution is 2.34. The SMILES string of the molecule is CN(C)c1ncc(C(F)(F)F)cc1N=C/C1=C/CCN/C=C(/OCC(F)(F)F)C1. The Morgan fingerprint density at radius 1 is 1.24 bits per heavy atom. The minimum Gasteiger partial charge on any atom is -0.487 e. The third-order valence-electron chi connectivity index (χ3n) is 3.73. The normalized spacial score (nSPS) is 19.4. The van der Waals surface area contributed by atoms with Gasteiger partial charge < -0.3 is 15.0 Å². The minimum atomic E-state index is -4.57. The largest absolute Gasteiger partial charge is 0.487 e. The van der Waals surface area contributed by atoms with Gasteiger partial charge in [0.1, 0.15) is 11.4 Å². The Bertz CT molecular complexity index is 797. The molecule has 160 valence electrons. The number of pyridine rings is 1. The Balaban J connectivity index is 2.25. The molecule has 0 saturated carbocycles. The summed E-state index contributed by atoms with van der Waals surface area (Å²) in [4.78, 5) is 9.45. The Morgan fingerprint density at radius 3 is 2.59 bits per heavy atom. The van der Waals surface area contributed by atoms with Crippen LogP contribution in [0.1, 0.15) is 18.4 Å². The van der Waals surface area contributed by atoms with Crippen LogP contribution in [0.2, 0.25) is 0 Å². The van der Waals surface area contributed by atoms with Crippen LogP contribution in [0.15, 0.2) is 40.9 Å². The van der Waals surface area contributed by atoms with Crippen LogP contribution in [0.25, 0.3) is 0 Å². The quantitative estimate of drug-likeness (QED) is 0.557. The molecule has 0 unspecified atom stereocenters. The van der Waals surface area contributed by atoms with Crippen LogP contribution in [-0.2, 0) is 10.9 Å². The number of aliphatic imine (C=N–C) groups is 1. The second-order valence-electron chi connectivity index (χ2n) is 6.43. The minimum absolute atomic E-state index is 0.00681. The highest BCUT2D eigenvalue weighted by molar-refractivity contribution is 5.83. The van der Waals surface area contributed by atoms with Gasteiger partial charge in [0, 0.05) is 45.7 Å². The average Bonchev–Trinajstić information content (AvgIpc) is 2.58. The van der Waals surface area contributed by atoms with Crippen molar-refractivity contribution in [3.8, 4) is 0 Å². The fourth-order valence-electron chi connectivity index (χ4n) is 2.41. The first kappa shape index (κ1) is 22.6. The van der Waals surface area contributed by atoms with Crippen molar-refractivity contribution in [2.45, 2.75) is 25.2 Å². The summed E-state index contributed by atoms with van der Waals surface area (Å²) in [7, 11) is 3.22. The van der Waals surface area contributed by atoms with E-state index in [1.165, 1.54) is 17.3 Å². The smallest absolute Gasteiger partial charge is 0.422 e. The Labute approximate surface area is 163 Å². The van der Waals surface area contributed by atoms with Crippen molar-refractivity contribution in [1.82, 2.24) is 10.3 Å². The van der Waals surface area contributed by atoms with E-state index in [0.29, 0.717) is 18.5 Å². The lowest BCUT2D eigenvalue weighted by Gasteiger charge is -2.17. The molecule has 0 radical (unpaired) electrons. The number of anilines is 1. The van der Waals surface area contributed by atoms with Crippen LogP contribution in [0.4, 0.5) is 37.8 Å². The zero-order valence-electron chi connectivity index (χ0n) is 15.7. The second-order valence-corrected chi connectivity index (χ2v) is 6.43. The molecule has 29 heavy (non-hydrogen) atoms. The Hall–Kier alpha value is -2.72. The second kappa shape index (κ2) is 9.19. The molecular weight excluding hydrogens is 402 g/mol. The molecule has 0 spiro atoms. The molecule has 0 amide bonds. The van der Waals surface area contributed by atoms with E-state index < -0.39 is 24.5 Å². The van der Waals surface area contributed by atoms with Crippen LogP contribution in [0.5, 0.6) is 0 Å². The van der Waals surface area contributed by atoms with E-state index in [-0.39, 0.29) is 23.7 Å². The predicted molar refractivity (Wildman–Crippen MR) is 97.1 cm³/mol. The number of rotatable bonds is 5. The molecule has 5 nitrogen and oxygen atoms in total. The van der Waals surface area contributed by atoms with Crippen molar-refractivity contribution in [3.63, 3.8) is 0 Å². The number of allylic oxidation sites excluding steroid dienone is 1. The lowest BCUT2D eigenvalue weighted by molar-refractivity contribution is -0.165. The first-order chi connectivity index (χ1) is 13.5. The van der Waals surface area contributed by atoms with Gasteiger partial charge in [0.2, 0.25) is 0 Å². The number of hydrogen-bond acceptors (Lipinski definition) is 5. The predicted octanol–water partition coefficient (Wildman–Crippen LogP) is 4.60. The highest BCUT2D eigenvalue weighted by atomic mass is 19.4. The highest BCUT2D eigenvalue weighted by Gasteiger charge is 2.32. The third-order valence-corrected chi connectivity index (χ3v) is 3.73. The van der Waals surface area contributed by atoms with Gasteiger partial charge in [0.25, 0.3) is 0 Å². The molecule has 1 aliphatic rings. The van der Waals surface area contributed by atoms with Gasteiger partial charge in [-0.05, 0) is 18.1 Å². The lowest BCUT2D eigenvalue weighted by Crippen LogP contribution is -2.19. The van der Waals surface area contributed by atoms with Crippen molar-refractivity contribution in [3.05, 3.63) is 41.4 Å². The Kier molecular flexibility index (Phi) is 7.15. The number of aromatic nitrogens is 1. The average molecular weight is 422 g/mol. The zero-order valence-corrected chi connectivity index (χ0v) is 15.7. The molecule has 1 aliphatic heterocycles. The van der Waals surface area contributed by atoms with E-state index in [2.05, 4.69) is 15.3 Å². The van der Waals surface area contributed by atoms with E-state index in [1.54, 1.807) is 20.2 Å². The molecule has 1 aromatic heterocycles.